The highest BCUT2D eigenvalue weighted by Crippen LogP contribution is 2.11. The summed E-state index contributed by atoms with van der Waals surface area (Å²) in [5, 5.41) is 2.39. The standard InChI is InChI=1S/C9H12.C3H7NO.C2H6/c1-8(2)9-6-4-3-5-7-9;1-3(5)4-2;1-2/h3-8H,1-2H3;1-2H3,(H,4,5);1-2H3. The van der Waals surface area contributed by atoms with Crippen LogP contribution in [0.4, 0.5) is 0 Å². The Morgan fingerprint density at radius 3 is 1.69 bits per heavy atom. The average Bonchev–Trinajstić information content (AvgIpc) is 2.33. The molecule has 0 aromatic heterocycles. The fourth-order valence-electron chi connectivity index (χ4n) is 0.838. The van der Waals surface area contributed by atoms with Crippen molar-refractivity contribution in [3.63, 3.8) is 0 Å². The Hall–Kier alpha value is -1.31. The lowest BCUT2D eigenvalue weighted by Gasteiger charge is -2.01. The molecule has 1 rings (SSSR count). The van der Waals surface area contributed by atoms with E-state index in [-0.39, 0.29) is 5.91 Å². The van der Waals surface area contributed by atoms with Crippen LogP contribution < -0.4 is 5.32 Å². The molecule has 92 valence electrons. The second-order valence-corrected chi connectivity index (χ2v) is 3.37. The van der Waals surface area contributed by atoms with E-state index in [2.05, 4.69) is 43.4 Å². The van der Waals surface area contributed by atoms with Gasteiger partial charge in [-0.15, -0.1) is 0 Å². The number of nitrogens with one attached hydrogen (secondary N) is 1. The summed E-state index contributed by atoms with van der Waals surface area (Å²) in [6.45, 7) is 9.88. The zero-order chi connectivity index (χ0) is 13.0. The van der Waals surface area contributed by atoms with Gasteiger partial charge in [0, 0.05) is 14.0 Å². The number of hydrogen-bond donors (Lipinski definition) is 1. The molecule has 1 aromatic carbocycles. The second-order valence-electron chi connectivity index (χ2n) is 3.37. The van der Waals surface area contributed by atoms with Crippen LogP contribution in [0.2, 0.25) is 0 Å². The molecule has 1 aromatic rings. The van der Waals surface area contributed by atoms with Crippen molar-refractivity contribution in [3.05, 3.63) is 35.9 Å². The van der Waals surface area contributed by atoms with Crippen LogP contribution in [0.25, 0.3) is 0 Å². The molecule has 2 heteroatoms. The second kappa shape index (κ2) is 11.8. The summed E-state index contributed by atoms with van der Waals surface area (Å²) in [6.07, 6.45) is 0. The Balaban J connectivity index is 0. The molecule has 0 spiro atoms. The minimum atomic E-state index is 0.00463. The number of benzene rings is 1. The molecule has 0 saturated carbocycles. The Morgan fingerprint density at radius 1 is 1.12 bits per heavy atom. The minimum absolute atomic E-state index is 0.00463. The molecule has 0 fully saturated rings. The Labute approximate surface area is 100 Å². The predicted octanol–water partition coefficient (Wildman–Crippen LogP) is 3.59. The maximum atomic E-state index is 9.70. The zero-order valence-electron chi connectivity index (χ0n) is 11.4. The topological polar surface area (TPSA) is 29.1 Å². The lowest BCUT2D eigenvalue weighted by molar-refractivity contribution is -0.118. The maximum absolute atomic E-state index is 9.70. The molecule has 0 saturated heterocycles. The van der Waals surface area contributed by atoms with Gasteiger partial charge in [0.15, 0.2) is 0 Å². The molecular weight excluding hydrogens is 198 g/mol. The van der Waals surface area contributed by atoms with Crippen LogP contribution in [-0.4, -0.2) is 13.0 Å². The summed E-state index contributed by atoms with van der Waals surface area (Å²) in [5.41, 5.74) is 1.41. The summed E-state index contributed by atoms with van der Waals surface area (Å²) in [7, 11) is 1.60. The third-order valence-electron chi connectivity index (χ3n) is 1.82. The van der Waals surface area contributed by atoms with Crippen molar-refractivity contribution in [2.75, 3.05) is 7.05 Å². The largest absolute Gasteiger partial charge is 0.359 e. The third-order valence-corrected chi connectivity index (χ3v) is 1.82. The molecule has 0 heterocycles. The Kier molecular flexibility index (Phi) is 12.6. The fraction of sp³-hybridized carbons (Fsp3) is 0.500. The fourth-order valence-corrected chi connectivity index (χ4v) is 0.838. The molecule has 0 bridgehead atoms. The van der Waals surface area contributed by atoms with E-state index in [1.807, 2.05) is 19.9 Å². The highest BCUT2D eigenvalue weighted by atomic mass is 16.1. The van der Waals surface area contributed by atoms with Crippen LogP contribution in [-0.2, 0) is 4.79 Å². The van der Waals surface area contributed by atoms with Crippen molar-refractivity contribution < 1.29 is 4.79 Å². The summed E-state index contributed by atoms with van der Waals surface area (Å²) in [4.78, 5) is 9.70. The number of hydrogen-bond acceptors (Lipinski definition) is 1. The minimum Gasteiger partial charge on any atom is -0.359 e. The molecule has 0 aliphatic carbocycles. The molecule has 1 amide bonds. The third kappa shape index (κ3) is 10.8. The number of amides is 1. The first-order valence-electron chi connectivity index (χ1n) is 5.81. The van der Waals surface area contributed by atoms with Crippen molar-refractivity contribution in [1.82, 2.24) is 5.32 Å². The molecule has 0 radical (unpaired) electrons. The van der Waals surface area contributed by atoms with Crippen LogP contribution in [0.15, 0.2) is 30.3 Å². The zero-order valence-corrected chi connectivity index (χ0v) is 11.4. The molecule has 0 aliphatic rings. The Morgan fingerprint density at radius 2 is 1.50 bits per heavy atom. The average molecular weight is 223 g/mol. The van der Waals surface area contributed by atoms with Gasteiger partial charge in [0.05, 0.1) is 0 Å². The Bertz CT molecular complexity index is 255. The molecule has 0 atom stereocenters. The van der Waals surface area contributed by atoms with Crippen LogP contribution in [0.5, 0.6) is 0 Å². The summed E-state index contributed by atoms with van der Waals surface area (Å²) in [5.74, 6) is 0.663. The van der Waals surface area contributed by atoms with Gasteiger partial charge in [-0.05, 0) is 11.5 Å². The van der Waals surface area contributed by atoms with Gasteiger partial charge in [-0.3, -0.25) is 4.79 Å². The van der Waals surface area contributed by atoms with Crippen molar-refractivity contribution in [3.8, 4) is 0 Å². The van der Waals surface area contributed by atoms with E-state index in [0.717, 1.165) is 0 Å². The molecular formula is C14H25NO. The maximum Gasteiger partial charge on any atom is 0.216 e. The van der Waals surface area contributed by atoms with Gasteiger partial charge in [-0.25, -0.2) is 0 Å². The van der Waals surface area contributed by atoms with E-state index in [1.54, 1.807) is 7.05 Å². The number of rotatable bonds is 1. The highest BCUT2D eigenvalue weighted by Gasteiger charge is 1.93. The summed E-state index contributed by atoms with van der Waals surface area (Å²) >= 11 is 0. The van der Waals surface area contributed by atoms with Crippen LogP contribution in [0, 0.1) is 0 Å². The first-order valence-corrected chi connectivity index (χ1v) is 5.81. The van der Waals surface area contributed by atoms with Crippen LogP contribution >= 0.6 is 0 Å². The van der Waals surface area contributed by atoms with E-state index < -0.39 is 0 Å². The highest BCUT2D eigenvalue weighted by molar-refractivity contribution is 5.72. The first kappa shape index (κ1) is 17.1. The van der Waals surface area contributed by atoms with Crippen LogP contribution in [0.3, 0.4) is 0 Å². The van der Waals surface area contributed by atoms with E-state index in [1.165, 1.54) is 12.5 Å². The molecule has 1 N–H and O–H groups in total. The van der Waals surface area contributed by atoms with Crippen molar-refractivity contribution in [2.24, 2.45) is 0 Å². The van der Waals surface area contributed by atoms with Gasteiger partial charge in [0.25, 0.3) is 0 Å². The van der Waals surface area contributed by atoms with E-state index in [4.69, 9.17) is 0 Å². The number of carbonyl (C=O) groups excluding carboxylic acids is 1. The van der Waals surface area contributed by atoms with Crippen molar-refractivity contribution >= 4 is 5.91 Å². The van der Waals surface area contributed by atoms with E-state index in [0.29, 0.717) is 5.92 Å². The molecule has 0 unspecified atom stereocenters. The van der Waals surface area contributed by atoms with Gasteiger partial charge in [0.1, 0.15) is 0 Å². The normalized spacial score (nSPS) is 8.19. The molecule has 16 heavy (non-hydrogen) atoms. The quantitative estimate of drug-likeness (QED) is 0.774. The van der Waals surface area contributed by atoms with Crippen molar-refractivity contribution in [2.45, 2.75) is 40.5 Å². The SMILES string of the molecule is CC.CC(C)c1ccccc1.CNC(C)=O. The monoisotopic (exact) mass is 223 g/mol. The lowest BCUT2D eigenvalue weighted by atomic mass is 10.0. The van der Waals surface area contributed by atoms with Gasteiger partial charge in [-0.2, -0.15) is 0 Å². The number of carbonyl (C=O) groups is 1. The predicted molar refractivity (Wildman–Crippen MR) is 71.6 cm³/mol. The van der Waals surface area contributed by atoms with Gasteiger partial charge in [0.2, 0.25) is 5.91 Å². The van der Waals surface area contributed by atoms with Gasteiger partial charge >= 0.3 is 0 Å². The molecule has 0 aliphatic heterocycles. The van der Waals surface area contributed by atoms with Crippen molar-refractivity contribution in [1.29, 1.82) is 0 Å². The summed E-state index contributed by atoms with van der Waals surface area (Å²) < 4.78 is 0. The lowest BCUT2D eigenvalue weighted by Crippen LogP contribution is -2.11. The van der Waals surface area contributed by atoms with Gasteiger partial charge < -0.3 is 5.32 Å². The molecule has 2 nitrogen and oxygen atoms in total. The van der Waals surface area contributed by atoms with E-state index in [9.17, 15) is 4.79 Å². The summed E-state index contributed by atoms with van der Waals surface area (Å²) in [6, 6.07) is 10.5. The van der Waals surface area contributed by atoms with E-state index >= 15 is 0 Å². The van der Waals surface area contributed by atoms with Gasteiger partial charge in [-0.1, -0.05) is 58.0 Å². The first-order chi connectivity index (χ1) is 7.57. The smallest absolute Gasteiger partial charge is 0.216 e. The van der Waals surface area contributed by atoms with Crippen LogP contribution in [0.1, 0.15) is 46.1 Å².